The highest BCUT2D eigenvalue weighted by molar-refractivity contribution is 7.09. The summed E-state index contributed by atoms with van der Waals surface area (Å²) in [6.07, 6.45) is 5.45. The van der Waals surface area contributed by atoms with E-state index in [-0.39, 0.29) is 0 Å². The van der Waals surface area contributed by atoms with Gasteiger partial charge < -0.3 is 10.4 Å². The van der Waals surface area contributed by atoms with Gasteiger partial charge in [-0.05, 0) is 36.1 Å². The Morgan fingerprint density at radius 1 is 1.25 bits per heavy atom. The van der Waals surface area contributed by atoms with Gasteiger partial charge in [-0.25, -0.2) is 14.3 Å². The lowest BCUT2D eigenvalue weighted by molar-refractivity contribution is 0.209. The molecule has 4 heterocycles. The predicted molar refractivity (Wildman–Crippen MR) is 125 cm³/mol. The lowest BCUT2D eigenvalue weighted by atomic mass is 10.2. The molecule has 0 unspecified atom stereocenters. The minimum Gasteiger partial charge on any atom is -0.465 e. The summed E-state index contributed by atoms with van der Waals surface area (Å²) in [5.74, 6) is 0.611. The number of fused-ring (bicyclic) bond motifs is 2. The number of nitrogens with zero attached hydrogens (tertiary/aromatic N) is 5. The van der Waals surface area contributed by atoms with Gasteiger partial charge in [-0.2, -0.15) is 10.2 Å². The summed E-state index contributed by atoms with van der Waals surface area (Å²) < 4.78 is 3.66. The van der Waals surface area contributed by atoms with Crippen LogP contribution in [-0.4, -0.2) is 35.6 Å². The van der Waals surface area contributed by atoms with E-state index >= 15 is 0 Å². The maximum absolute atomic E-state index is 11.2. The number of aryl methyl sites for hydroxylation is 3. The van der Waals surface area contributed by atoms with E-state index in [1.54, 1.807) is 22.0 Å². The van der Waals surface area contributed by atoms with Crippen LogP contribution in [0.2, 0.25) is 0 Å². The average Bonchev–Trinajstić information content (AvgIpc) is 3.50. The molecule has 0 fully saturated rings. The molecule has 0 aliphatic carbocycles. The summed E-state index contributed by atoms with van der Waals surface area (Å²) in [6, 6.07) is 10.3. The van der Waals surface area contributed by atoms with Crippen molar-refractivity contribution in [2.45, 2.75) is 26.3 Å². The minimum atomic E-state index is -1.11. The zero-order chi connectivity index (χ0) is 22.1. The molecule has 5 aromatic rings. The first-order valence-electron chi connectivity index (χ1n) is 10.2. The third kappa shape index (κ3) is 3.76. The first-order chi connectivity index (χ1) is 15.6. The number of rotatable bonds is 7. The highest BCUT2D eigenvalue weighted by Crippen LogP contribution is 2.30. The highest BCUT2D eigenvalue weighted by atomic mass is 32.1. The number of amides is 1. The molecule has 4 aromatic heterocycles. The van der Waals surface area contributed by atoms with E-state index in [4.69, 9.17) is 5.11 Å². The lowest BCUT2D eigenvalue weighted by Gasteiger charge is -2.09. The number of hydrogen-bond acceptors (Lipinski definition) is 6. The quantitative estimate of drug-likeness (QED) is 0.331. The van der Waals surface area contributed by atoms with E-state index in [0.717, 1.165) is 40.6 Å². The first-order valence-corrected chi connectivity index (χ1v) is 11.1. The second-order valence-corrected chi connectivity index (χ2v) is 8.33. The largest absolute Gasteiger partial charge is 0.465 e. The molecule has 0 aliphatic heterocycles. The summed E-state index contributed by atoms with van der Waals surface area (Å²) in [4.78, 5) is 16.9. The third-order valence-electron chi connectivity index (χ3n) is 5.33. The normalized spacial score (nSPS) is 11.3. The molecule has 5 rings (SSSR count). The predicted octanol–water partition coefficient (Wildman–Crippen LogP) is 4.78. The van der Waals surface area contributed by atoms with E-state index in [2.05, 4.69) is 43.3 Å². The minimum absolute atomic E-state index is 0.506. The molecule has 10 heteroatoms. The summed E-state index contributed by atoms with van der Waals surface area (Å²) in [7, 11) is 0. The van der Waals surface area contributed by atoms with Crippen LogP contribution in [0.1, 0.15) is 17.4 Å². The van der Waals surface area contributed by atoms with Crippen molar-refractivity contribution in [2.24, 2.45) is 0 Å². The van der Waals surface area contributed by atoms with Crippen molar-refractivity contribution in [2.75, 3.05) is 10.6 Å². The lowest BCUT2D eigenvalue weighted by Crippen LogP contribution is -2.07. The van der Waals surface area contributed by atoms with Crippen LogP contribution in [0.3, 0.4) is 0 Å². The number of carboxylic acid groups (broad SMARTS) is 1. The Kier molecular flexibility index (Phi) is 5.20. The van der Waals surface area contributed by atoms with E-state index in [1.165, 1.54) is 11.2 Å². The van der Waals surface area contributed by atoms with E-state index in [1.807, 2.05) is 36.0 Å². The van der Waals surface area contributed by atoms with Gasteiger partial charge >= 0.3 is 6.09 Å². The Morgan fingerprint density at radius 2 is 2.16 bits per heavy atom. The van der Waals surface area contributed by atoms with Gasteiger partial charge in [-0.15, -0.1) is 11.3 Å². The number of anilines is 3. The van der Waals surface area contributed by atoms with Gasteiger partial charge in [0.15, 0.2) is 5.82 Å². The number of benzene rings is 1. The molecule has 1 amide bonds. The molecule has 3 N–H and O–H groups in total. The highest BCUT2D eigenvalue weighted by Gasteiger charge is 2.16. The summed E-state index contributed by atoms with van der Waals surface area (Å²) in [5, 5.41) is 26.8. The van der Waals surface area contributed by atoms with E-state index in [9.17, 15) is 4.79 Å². The second kappa shape index (κ2) is 8.31. The maximum Gasteiger partial charge on any atom is 0.409 e. The number of nitrogens with one attached hydrogen (secondary N) is 2. The molecule has 9 nitrogen and oxygen atoms in total. The van der Waals surface area contributed by atoms with Crippen LogP contribution >= 0.6 is 11.3 Å². The Hall–Kier alpha value is -3.92. The molecular formula is C22H21N7O2S. The van der Waals surface area contributed by atoms with Gasteiger partial charge in [-0.1, -0.05) is 13.0 Å². The standard InChI is InChI=1S/C22H21N7O2S/c1-2-17-18(27-22(30)31)12-29-20(17)21(23-13-25-29)26-15-5-6-19-14(10-15)11-24-28(19)8-7-16-4-3-9-32-16/h3-6,9-13,27H,2,7-8H2,1H3,(H,30,31)(H,23,25,26). The van der Waals surface area contributed by atoms with Crippen molar-refractivity contribution in [3.8, 4) is 0 Å². The zero-order valence-electron chi connectivity index (χ0n) is 17.3. The van der Waals surface area contributed by atoms with Gasteiger partial charge in [0, 0.05) is 34.5 Å². The van der Waals surface area contributed by atoms with Crippen LogP contribution in [0.15, 0.2) is 54.4 Å². The van der Waals surface area contributed by atoms with Crippen LogP contribution in [-0.2, 0) is 19.4 Å². The number of carbonyl (C=O) groups is 1. The summed E-state index contributed by atoms with van der Waals surface area (Å²) in [5.41, 5.74) is 4.02. The topological polar surface area (TPSA) is 109 Å². The Labute approximate surface area is 187 Å². The van der Waals surface area contributed by atoms with Crippen LogP contribution in [0, 0.1) is 0 Å². The van der Waals surface area contributed by atoms with Crippen LogP contribution in [0.25, 0.3) is 16.4 Å². The van der Waals surface area contributed by atoms with Crippen molar-refractivity contribution < 1.29 is 9.90 Å². The smallest absolute Gasteiger partial charge is 0.409 e. The number of thiophene rings is 1. The van der Waals surface area contributed by atoms with Crippen molar-refractivity contribution in [3.05, 3.63) is 64.9 Å². The molecular weight excluding hydrogens is 426 g/mol. The molecule has 0 saturated heterocycles. The average molecular weight is 448 g/mol. The zero-order valence-corrected chi connectivity index (χ0v) is 18.1. The van der Waals surface area contributed by atoms with E-state index in [0.29, 0.717) is 17.9 Å². The van der Waals surface area contributed by atoms with Gasteiger partial charge in [0.2, 0.25) is 0 Å². The molecule has 0 aliphatic rings. The molecule has 162 valence electrons. The summed E-state index contributed by atoms with van der Waals surface area (Å²) >= 11 is 1.76. The molecule has 0 atom stereocenters. The van der Waals surface area contributed by atoms with E-state index < -0.39 is 6.09 Å². The monoisotopic (exact) mass is 447 g/mol. The molecule has 0 saturated carbocycles. The molecule has 1 aromatic carbocycles. The molecule has 0 radical (unpaired) electrons. The fourth-order valence-electron chi connectivity index (χ4n) is 3.90. The Bertz CT molecular complexity index is 1400. The van der Waals surface area contributed by atoms with Crippen LogP contribution in [0.5, 0.6) is 0 Å². The maximum atomic E-state index is 11.2. The Morgan fingerprint density at radius 3 is 2.94 bits per heavy atom. The fourth-order valence-corrected chi connectivity index (χ4v) is 4.59. The van der Waals surface area contributed by atoms with Crippen molar-refractivity contribution >= 4 is 51.0 Å². The van der Waals surface area contributed by atoms with Crippen LogP contribution in [0.4, 0.5) is 22.0 Å². The van der Waals surface area contributed by atoms with Crippen LogP contribution < -0.4 is 10.6 Å². The van der Waals surface area contributed by atoms with Crippen molar-refractivity contribution in [3.63, 3.8) is 0 Å². The molecule has 32 heavy (non-hydrogen) atoms. The SMILES string of the molecule is CCc1c(NC(=O)O)cn2ncnc(Nc3ccc4c(cnn4CCc4cccs4)c3)c12. The Balaban J connectivity index is 1.44. The number of aromatic nitrogens is 5. The summed E-state index contributed by atoms with van der Waals surface area (Å²) in [6.45, 7) is 2.79. The fraction of sp³-hybridized carbons (Fsp3) is 0.182. The second-order valence-electron chi connectivity index (χ2n) is 7.30. The van der Waals surface area contributed by atoms with Gasteiger partial charge in [0.1, 0.15) is 11.8 Å². The van der Waals surface area contributed by atoms with Gasteiger partial charge in [0.25, 0.3) is 0 Å². The third-order valence-corrected chi connectivity index (χ3v) is 6.26. The van der Waals surface area contributed by atoms with Crippen molar-refractivity contribution in [1.82, 2.24) is 24.4 Å². The first kappa shape index (κ1) is 20.0. The molecule has 0 bridgehead atoms. The molecule has 0 spiro atoms. The van der Waals surface area contributed by atoms with Gasteiger partial charge in [0.05, 0.1) is 23.6 Å². The van der Waals surface area contributed by atoms with Crippen molar-refractivity contribution in [1.29, 1.82) is 0 Å². The van der Waals surface area contributed by atoms with Gasteiger partial charge in [-0.3, -0.25) is 10.00 Å². The number of hydrogen-bond donors (Lipinski definition) is 3.